The van der Waals surface area contributed by atoms with Crippen LogP contribution >= 0.6 is 0 Å². The van der Waals surface area contributed by atoms with Gasteiger partial charge in [0.25, 0.3) is 0 Å². The summed E-state index contributed by atoms with van der Waals surface area (Å²) in [5.41, 5.74) is 0. The zero-order valence-electron chi connectivity index (χ0n) is 11.8. The van der Waals surface area contributed by atoms with Crippen molar-refractivity contribution in [1.29, 1.82) is 0 Å². The van der Waals surface area contributed by atoms with Gasteiger partial charge in [-0.1, -0.05) is 50.2 Å². The molecular formula is C15H17NO4S. The summed E-state index contributed by atoms with van der Waals surface area (Å²) in [6.45, 7) is 3.31. The van der Waals surface area contributed by atoms with Crippen LogP contribution < -0.4 is 4.72 Å². The topological polar surface area (TPSA) is 83.5 Å². The van der Waals surface area contributed by atoms with Gasteiger partial charge < -0.3 is 5.11 Å². The first-order valence-electron chi connectivity index (χ1n) is 6.56. The van der Waals surface area contributed by atoms with Crippen molar-refractivity contribution in [3.8, 4) is 0 Å². The summed E-state index contributed by atoms with van der Waals surface area (Å²) < 4.78 is 27.3. The van der Waals surface area contributed by atoms with Gasteiger partial charge in [0.2, 0.25) is 10.0 Å². The number of fused-ring (bicyclic) bond motifs is 1. The molecule has 2 aromatic carbocycles. The first kappa shape index (κ1) is 15.5. The van der Waals surface area contributed by atoms with Gasteiger partial charge in [0.1, 0.15) is 6.04 Å². The average Bonchev–Trinajstić information content (AvgIpc) is 2.43. The van der Waals surface area contributed by atoms with Crippen LogP contribution in [0.1, 0.15) is 13.8 Å². The molecule has 0 amide bonds. The van der Waals surface area contributed by atoms with Crippen LogP contribution in [0.15, 0.2) is 47.4 Å². The molecule has 2 N–H and O–H groups in total. The summed E-state index contributed by atoms with van der Waals surface area (Å²) >= 11 is 0. The molecule has 0 aliphatic heterocycles. The molecule has 112 valence electrons. The summed E-state index contributed by atoms with van der Waals surface area (Å²) in [5.74, 6) is -1.54. The second-order valence-corrected chi connectivity index (χ2v) is 6.84. The van der Waals surface area contributed by atoms with E-state index in [4.69, 9.17) is 5.11 Å². The highest BCUT2D eigenvalue weighted by Gasteiger charge is 2.28. The van der Waals surface area contributed by atoms with Crippen LogP contribution in [0.2, 0.25) is 0 Å². The molecule has 2 rings (SSSR count). The summed E-state index contributed by atoms with van der Waals surface area (Å²) in [5, 5.41) is 10.5. The predicted molar refractivity (Wildman–Crippen MR) is 80.5 cm³/mol. The number of hydrogen-bond donors (Lipinski definition) is 2. The number of aliphatic carboxylic acids is 1. The number of hydrogen-bond acceptors (Lipinski definition) is 3. The van der Waals surface area contributed by atoms with E-state index in [9.17, 15) is 13.2 Å². The molecule has 0 aliphatic carbocycles. The third-order valence-electron chi connectivity index (χ3n) is 3.25. The van der Waals surface area contributed by atoms with E-state index >= 15 is 0 Å². The van der Waals surface area contributed by atoms with Gasteiger partial charge in [0, 0.05) is 5.39 Å². The number of nitrogens with one attached hydrogen (secondary N) is 1. The number of carboxylic acid groups (broad SMARTS) is 1. The fourth-order valence-corrected chi connectivity index (χ4v) is 3.70. The summed E-state index contributed by atoms with van der Waals surface area (Å²) in [6.07, 6.45) is 0. The Labute approximate surface area is 123 Å². The second kappa shape index (κ2) is 5.83. The van der Waals surface area contributed by atoms with E-state index in [1.807, 2.05) is 18.2 Å². The van der Waals surface area contributed by atoms with Crippen molar-refractivity contribution < 1.29 is 18.3 Å². The first-order valence-corrected chi connectivity index (χ1v) is 8.04. The van der Waals surface area contributed by atoms with Crippen LogP contribution in [0.3, 0.4) is 0 Å². The SMILES string of the molecule is CC(C)[C@@H](NS(=O)(=O)c1cccc2ccccc12)C(=O)O. The first-order chi connectivity index (χ1) is 9.83. The molecule has 2 aromatic rings. The van der Waals surface area contributed by atoms with E-state index < -0.39 is 22.0 Å². The Bertz CT molecular complexity index is 763. The molecule has 0 bridgehead atoms. The van der Waals surface area contributed by atoms with Gasteiger partial charge in [0.05, 0.1) is 4.90 Å². The Morgan fingerprint density at radius 3 is 2.33 bits per heavy atom. The Morgan fingerprint density at radius 1 is 1.10 bits per heavy atom. The normalized spacial score (nSPS) is 13.5. The maximum absolute atomic E-state index is 12.5. The smallest absolute Gasteiger partial charge is 0.322 e. The van der Waals surface area contributed by atoms with E-state index in [1.54, 1.807) is 32.0 Å². The van der Waals surface area contributed by atoms with Crippen molar-refractivity contribution in [2.24, 2.45) is 5.92 Å². The van der Waals surface area contributed by atoms with Crippen LogP contribution in [0.25, 0.3) is 10.8 Å². The van der Waals surface area contributed by atoms with E-state index in [0.717, 1.165) is 5.39 Å². The van der Waals surface area contributed by atoms with Crippen LogP contribution in [-0.4, -0.2) is 25.5 Å². The van der Waals surface area contributed by atoms with Crippen molar-refractivity contribution in [1.82, 2.24) is 4.72 Å². The van der Waals surface area contributed by atoms with E-state index in [1.165, 1.54) is 6.07 Å². The van der Waals surface area contributed by atoms with Gasteiger partial charge in [-0.05, 0) is 17.4 Å². The maximum atomic E-state index is 12.5. The highest BCUT2D eigenvalue weighted by Crippen LogP contribution is 2.23. The van der Waals surface area contributed by atoms with Gasteiger partial charge >= 0.3 is 5.97 Å². The lowest BCUT2D eigenvalue weighted by atomic mass is 10.1. The number of carboxylic acids is 1. The summed E-state index contributed by atoms with van der Waals surface area (Å²) in [6, 6.07) is 10.9. The van der Waals surface area contributed by atoms with E-state index in [2.05, 4.69) is 4.72 Å². The van der Waals surface area contributed by atoms with Crippen molar-refractivity contribution in [2.45, 2.75) is 24.8 Å². The van der Waals surface area contributed by atoms with Crippen LogP contribution in [-0.2, 0) is 14.8 Å². The molecule has 1 atom stereocenters. The van der Waals surface area contributed by atoms with Crippen LogP contribution in [0.4, 0.5) is 0 Å². The Kier molecular flexibility index (Phi) is 4.29. The summed E-state index contributed by atoms with van der Waals surface area (Å²) in [4.78, 5) is 11.3. The van der Waals surface area contributed by atoms with E-state index in [-0.39, 0.29) is 10.8 Å². The number of carbonyl (C=O) groups is 1. The van der Waals surface area contributed by atoms with Gasteiger partial charge in [-0.3, -0.25) is 4.79 Å². The molecule has 0 fully saturated rings. The fourth-order valence-electron chi connectivity index (χ4n) is 2.13. The Morgan fingerprint density at radius 2 is 1.71 bits per heavy atom. The van der Waals surface area contributed by atoms with Crippen LogP contribution in [0, 0.1) is 5.92 Å². The molecule has 6 heteroatoms. The molecular weight excluding hydrogens is 290 g/mol. The minimum atomic E-state index is -3.91. The Hall–Kier alpha value is -1.92. The van der Waals surface area contributed by atoms with Crippen molar-refractivity contribution in [2.75, 3.05) is 0 Å². The van der Waals surface area contributed by atoms with Gasteiger partial charge in [-0.2, -0.15) is 4.72 Å². The Balaban J connectivity index is 2.50. The standard InChI is InChI=1S/C15H17NO4S/c1-10(2)14(15(17)18)16-21(19,20)13-9-5-7-11-6-3-4-8-12(11)13/h3-10,14,16H,1-2H3,(H,17,18)/t14-/m1/s1. The lowest BCUT2D eigenvalue weighted by Crippen LogP contribution is -2.44. The number of sulfonamides is 1. The van der Waals surface area contributed by atoms with Crippen molar-refractivity contribution >= 4 is 26.8 Å². The molecule has 0 spiro atoms. The van der Waals surface area contributed by atoms with Gasteiger partial charge in [0.15, 0.2) is 0 Å². The zero-order chi connectivity index (χ0) is 15.6. The monoisotopic (exact) mass is 307 g/mol. The van der Waals surface area contributed by atoms with Crippen molar-refractivity contribution in [3.05, 3.63) is 42.5 Å². The largest absolute Gasteiger partial charge is 0.480 e. The number of benzene rings is 2. The molecule has 0 unspecified atom stereocenters. The second-order valence-electron chi connectivity index (χ2n) is 5.16. The van der Waals surface area contributed by atoms with E-state index in [0.29, 0.717) is 5.39 Å². The molecule has 0 saturated carbocycles. The van der Waals surface area contributed by atoms with Gasteiger partial charge in [-0.25, -0.2) is 8.42 Å². The minimum absolute atomic E-state index is 0.0903. The minimum Gasteiger partial charge on any atom is -0.480 e. The fraction of sp³-hybridized carbons (Fsp3) is 0.267. The molecule has 21 heavy (non-hydrogen) atoms. The molecule has 0 heterocycles. The molecule has 0 radical (unpaired) electrons. The molecule has 5 nitrogen and oxygen atoms in total. The molecule has 0 saturated heterocycles. The predicted octanol–water partition coefficient (Wildman–Crippen LogP) is 2.23. The highest BCUT2D eigenvalue weighted by atomic mass is 32.2. The lowest BCUT2D eigenvalue weighted by molar-refractivity contribution is -0.140. The quantitative estimate of drug-likeness (QED) is 0.887. The zero-order valence-corrected chi connectivity index (χ0v) is 12.6. The maximum Gasteiger partial charge on any atom is 0.322 e. The average molecular weight is 307 g/mol. The highest BCUT2D eigenvalue weighted by molar-refractivity contribution is 7.89. The molecule has 0 aromatic heterocycles. The molecule has 0 aliphatic rings. The van der Waals surface area contributed by atoms with Gasteiger partial charge in [-0.15, -0.1) is 0 Å². The van der Waals surface area contributed by atoms with Crippen LogP contribution in [0.5, 0.6) is 0 Å². The third kappa shape index (κ3) is 3.22. The summed E-state index contributed by atoms with van der Waals surface area (Å²) in [7, 11) is -3.91. The third-order valence-corrected chi connectivity index (χ3v) is 4.75. The lowest BCUT2D eigenvalue weighted by Gasteiger charge is -2.18. The number of rotatable bonds is 5. The van der Waals surface area contributed by atoms with Crippen molar-refractivity contribution in [3.63, 3.8) is 0 Å².